The summed E-state index contributed by atoms with van der Waals surface area (Å²) in [6.45, 7) is 3.93. The summed E-state index contributed by atoms with van der Waals surface area (Å²) in [4.78, 5) is 12.1. The van der Waals surface area contributed by atoms with Gasteiger partial charge in [-0.2, -0.15) is 0 Å². The highest BCUT2D eigenvalue weighted by Gasteiger charge is 2.15. The fourth-order valence-corrected chi connectivity index (χ4v) is 2.15. The Morgan fingerprint density at radius 1 is 1.10 bits per heavy atom. The van der Waals surface area contributed by atoms with Gasteiger partial charge in [-0.25, -0.2) is 8.78 Å². The molecule has 0 spiro atoms. The van der Waals surface area contributed by atoms with Crippen LogP contribution in [0.25, 0.3) is 0 Å². The molecule has 0 saturated carbocycles. The Bertz CT molecular complexity index is 617. The SMILES string of the molecule is CC[C@H](NC(=O)c1cc(F)cc(F)c1)c1ccc(C)cc1. The molecule has 110 valence electrons. The minimum absolute atomic E-state index is 0.0157. The third-order valence-electron chi connectivity index (χ3n) is 3.32. The van der Waals surface area contributed by atoms with E-state index in [1.807, 2.05) is 38.1 Å². The van der Waals surface area contributed by atoms with E-state index < -0.39 is 17.5 Å². The van der Waals surface area contributed by atoms with Crippen LogP contribution in [0.2, 0.25) is 0 Å². The lowest BCUT2D eigenvalue weighted by molar-refractivity contribution is 0.0934. The average Bonchev–Trinajstić information content (AvgIpc) is 2.44. The molecule has 0 aromatic heterocycles. The highest BCUT2D eigenvalue weighted by Crippen LogP contribution is 2.18. The van der Waals surface area contributed by atoms with E-state index in [-0.39, 0.29) is 11.6 Å². The Morgan fingerprint density at radius 3 is 2.19 bits per heavy atom. The van der Waals surface area contributed by atoms with Crippen molar-refractivity contribution in [3.05, 3.63) is 70.8 Å². The smallest absolute Gasteiger partial charge is 0.251 e. The van der Waals surface area contributed by atoms with Crippen molar-refractivity contribution in [3.8, 4) is 0 Å². The van der Waals surface area contributed by atoms with Gasteiger partial charge < -0.3 is 5.32 Å². The van der Waals surface area contributed by atoms with Crippen molar-refractivity contribution < 1.29 is 13.6 Å². The number of aryl methyl sites for hydroxylation is 1. The van der Waals surface area contributed by atoms with Crippen LogP contribution in [0, 0.1) is 18.6 Å². The molecule has 2 aromatic carbocycles. The molecule has 2 rings (SSSR count). The highest BCUT2D eigenvalue weighted by molar-refractivity contribution is 5.94. The van der Waals surface area contributed by atoms with Crippen LogP contribution in [0.15, 0.2) is 42.5 Å². The van der Waals surface area contributed by atoms with E-state index in [1.165, 1.54) is 0 Å². The second-order valence-corrected chi connectivity index (χ2v) is 5.00. The maximum atomic E-state index is 13.2. The fourth-order valence-electron chi connectivity index (χ4n) is 2.15. The van der Waals surface area contributed by atoms with E-state index in [0.29, 0.717) is 6.42 Å². The minimum atomic E-state index is -0.761. The van der Waals surface area contributed by atoms with Gasteiger partial charge in [-0.3, -0.25) is 4.79 Å². The summed E-state index contributed by atoms with van der Waals surface area (Å²) in [5, 5.41) is 2.80. The maximum absolute atomic E-state index is 13.2. The van der Waals surface area contributed by atoms with Crippen molar-refractivity contribution in [2.75, 3.05) is 0 Å². The molecule has 1 amide bonds. The van der Waals surface area contributed by atoms with Crippen LogP contribution < -0.4 is 5.32 Å². The maximum Gasteiger partial charge on any atom is 0.251 e. The lowest BCUT2D eigenvalue weighted by Crippen LogP contribution is -2.28. The molecule has 0 aliphatic rings. The predicted octanol–water partition coefficient (Wildman–Crippen LogP) is 4.15. The number of carbonyl (C=O) groups is 1. The number of halogens is 2. The van der Waals surface area contributed by atoms with Gasteiger partial charge in [0.1, 0.15) is 11.6 Å². The predicted molar refractivity (Wildman–Crippen MR) is 78.0 cm³/mol. The molecule has 0 fully saturated rings. The number of hydrogen-bond acceptors (Lipinski definition) is 1. The largest absolute Gasteiger partial charge is 0.345 e. The van der Waals surface area contributed by atoms with Gasteiger partial charge >= 0.3 is 0 Å². The summed E-state index contributed by atoms with van der Waals surface area (Å²) in [5.74, 6) is -2.01. The van der Waals surface area contributed by atoms with Gasteiger partial charge in [-0.05, 0) is 31.0 Å². The molecule has 21 heavy (non-hydrogen) atoms. The van der Waals surface area contributed by atoms with Crippen molar-refractivity contribution >= 4 is 5.91 Å². The lowest BCUT2D eigenvalue weighted by atomic mass is 10.0. The summed E-state index contributed by atoms with van der Waals surface area (Å²) in [5.41, 5.74) is 2.08. The third-order valence-corrected chi connectivity index (χ3v) is 3.32. The highest BCUT2D eigenvalue weighted by atomic mass is 19.1. The zero-order valence-electron chi connectivity index (χ0n) is 12.0. The molecule has 0 heterocycles. The van der Waals surface area contributed by atoms with Crippen LogP contribution in [0.5, 0.6) is 0 Å². The molecule has 1 atom stereocenters. The Hall–Kier alpha value is -2.23. The standard InChI is InChI=1S/C17H17F2NO/c1-3-16(12-6-4-11(2)5-7-12)20-17(21)13-8-14(18)10-15(19)9-13/h4-10,16H,3H2,1-2H3,(H,20,21)/t16-/m0/s1. The number of nitrogens with one attached hydrogen (secondary N) is 1. The summed E-state index contributed by atoms with van der Waals surface area (Å²) in [6, 6.07) is 10.4. The van der Waals surface area contributed by atoms with E-state index in [4.69, 9.17) is 0 Å². The zero-order chi connectivity index (χ0) is 15.4. The first-order valence-electron chi connectivity index (χ1n) is 6.83. The van der Waals surface area contributed by atoms with E-state index in [1.54, 1.807) is 0 Å². The van der Waals surface area contributed by atoms with Gasteiger partial charge in [0.25, 0.3) is 5.91 Å². The molecule has 0 bridgehead atoms. The summed E-state index contributed by atoms with van der Waals surface area (Å²) >= 11 is 0. The molecule has 0 saturated heterocycles. The zero-order valence-corrected chi connectivity index (χ0v) is 12.0. The van der Waals surface area contributed by atoms with Crippen LogP contribution in [-0.4, -0.2) is 5.91 Å². The van der Waals surface area contributed by atoms with Crippen LogP contribution in [0.1, 0.15) is 40.9 Å². The molecule has 0 unspecified atom stereocenters. The Kier molecular flexibility index (Phi) is 4.68. The molecule has 4 heteroatoms. The first-order chi connectivity index (χ1) is 9.99. The topological polar surface area (TPSA) is 29.1 Å². The van der Waals surface area contributed by atoms with Gasteiger partial charge in [0, 0.05) is 11.6 Å². The quantitative estimate of drug-likeness (QED) is 0.900. The fraction of sp³-hybridized carbons (Fsp3) is 0.235. The number of amides is 1. The first-order valence-corrected chi connectivity index (χ1v) is 6.83. The second kappa shape index (κ2) is 6.48. The molecule has 2 aromatic rings. The van der Waals surface area contributed by atoms with Gasteiger partial charge in [-0.15, -0.1) is 0 Å². The van der Waals surface area contributed by atoms with E-state index in [0.717, 1.165) is 29.3 Å². The molecular formula is C17H17F2NO. The Labute approximate surface area is 122 Å². The monoisotopic (exact) mass is 289 g/mol. The average molecular weight is 289 g/mol. The van der Waals surface area contributed by atoms with Gasteiger partial charge in [0.15, 0.2) is 0 Å². The summed E-state index contributed by atoms with van der Waals surface area (Å²) in [7, 11) is 0. The molecule has 0 radical (unpaired) electrons. The third kappa shape index (κ3) is 3.88. The van der Waals surface area contributed by atoms with Crippen molar-refractivity contribution in [2.24, 2.45) is 0 Å². The number of carbonyl (C=O) groups excluding carboxylic acids is 1. The number of hydrogen-bond donors (Lipinski definition) is 1. The molecule has 0 aliphatic carbocycles. The van der Waals surface area contributed by atoms with E-state index in [2.05, 4.69) is 5.32 Å². The van der Waals surface area contributed by atoms with Crippen molar-refractivity contribution in [1.82, 2.24) is 5.32 Å². The summed E-state index contributed by atoms with van der Waals surface area (Å²) < 4.78 is 26.3. The molecule has 1 N–H and O–H groups in total. The molecule has 2 nitrogen and oxygen atoms in total. The van der Waals surface area contributed by atoms with Gasteiger partial charge in [-0.1, -0.05) is 36.8 Å². The van der Waals surface area contributed by atoms with Gasteiger partial charge in [0.05, 0.1) is 6.04 Å². The lowest BCUT2D eigenvalue weighted by Gasteiger charge is -2.18. The normalized spacial score (nSPS) is 12.0. The van der Waals surface area contributed by atoms with Crippen LogP contribution in [-0.2, 0) is 0 Å². The van der Waals surface area contributed by atoms with Crippen molar-refractivity contribution in [1.29, 1.82) is 0 Å². The number of benzene rings is 2. The van der Waals surface area contributed by atoms with E-state index >= 15 is 0 Å². The Balaban J connectivity index is 2.18. The van der Waals surface area contributed by atoms with Gasteiger partial charge in [0.2, 0.25) is 0 Å². The second-order valence-electron chi connectivity index (χ2n) is 5.00. The van der Waals surface area contributed by atoms with Crippen LogP contribution >= 0.6 is 0 Å². The number of rotatable bonds is 4. The molecular weight excluding hydrogens is 272 g/mol. The van der Waals surface area contributed by atoms with Crippen molar-refractivity contribution in [3.63, 3.8) is 0 Å². The van der Waals surface area contributed by atoms with Crippen molar-refractivity contribution in [2.45, 2.75) is 26.3 Å². The summed E-state index contributed by atoms with van der Waals surface area (Å²) in [6.07, 6.45) is 0.687. The van der Waals surface area contributed by atoms with Crippen LogP contribution in [0.3, 0.4) is 0 Å². The minimum Gasteiger partial charge on any atom is -0.345 e. The van der Waals surface area contributed by atoms with E-state index in [9.17, 15) is 13.6 Å². The molecule has 0 aliphatic heterocycles. The Morgan fingerprint density at radius 2 is 1.67 bits per heavy atom. The first kappa shape index (κ1) is 15.2. The van der Waals surface area contributed by atoms with Crippen LogP contribution in [0.4, 0.5) is 8.78 Å².